The first kappa shape index (κ1) is 18.7. The van der Waals surface area contributed by atoms with Crippen molar-refractivity contribution in [3.63, 3.8) is 0 Å². The van der Waals surface area contributed by atoms with Crippen molar-refractivity contribution >= 4 is 11.7 Å². The fraction of sp³-hybridized carbons (Fsp3) is 0.579. The zero-order valence-corrected chi connectivity index (χ0v) is 15.9. The molecule has 5 N–H and O–H groups in total. The molecule has 3 aliphatic rings. The highest BCUT2D eigenvalue weighted by Crippen LogP contribution is 2.19. The van der Waals surface area contributed by atoms with Crippen molar-refractivity contribution in [3.05, 3.63) is 34.9 Å². The number of allylic oxidation sites excluding steroid dienone is 3. The lowest BCUT2D eigenvalue weighted by Gasteiger charge is -2.30. The number of carbonyl (C=O) groups is 1. The molecule has 0 aromatic carbocycles. The molecule has 0 bridgehead atoms. The third kappa shape index (κ3) is 4.34. The number of hydrogen-bond acceptors (Lipinski definition) is 6. The van der Waals surface area contributed by atoms with Crippen LogP contribution < -0.4 is 21.7 Å². The monoisotopic (exact) mass is 358 g/mol. The van der Waals surface area contributed by atoms with Gasteiger partial charge in [0.25, 0.3) is 5.91 Å². The molecule has 0 fully saturated rings. The Morgan fingerprint density at radius 3 is 2.96 bits per heavy atom. The van der Waals surface area contributed by atoms with Crippen LogP contribution in [0.1, 0.15) is 39.5 Å². The quantitative estimate of drug-likeness (QED) is 0.549. The first-order chi connectivity index (χ1) is 12.4. The van der Waals surface area contributed by atoms with E-state index in [0.29, 0.717) is 12.4 Å². The number of nitrogens with one attached hydrogen (secondary N) is 3. The van der Waals surface area contributed by atoms with E-state index in [9.17, 15) is 4.79 Å². The highest BCUT2D eigenvalue weighted by Gasteiger charge is 2.28. The number of rotatable bonds is 5. The molecule has 1 amide bonds. The maximum Gasteiger partial charge on any atom is 0.288 e. The molecule has 2 heterocycles. The van der Waals surface area contributed by atoms with Gasteiger partial charge in [0, 0.05) is 26.1 Å². The number of amidine groups is 1. The second-order valence-electron chi connectivity index (χ2n) is 7.33. The number of carbonyl (C=O) groups excluding carboxylic acids is 1. The maximum atomic E-state index is 12.5. The van der Waals surface area contributed by atoms with E-state index in [2.05, 4.69) is 53.1 Å². The zero-order valence-electron chi connectivity index (χ0n) is 15.9. The molecule has 0 saturated heterocycles. The molecule has 2 unspecified atom stereocenters. The van der Waals surface area contributed by atoms with Crippen molar-refractivity contribution in [1.29, 1.82) is 0 Å². The van der Waals surface area contributed by atoms with Gasteiger partial charge in [-0.15, -0.1) is 0 Å². The van der Waals surface area contributed by atoms with Crippen LogP contribution in [0.25, 0.3) is 0 Å². The molecule has 26 heavy (non-hydrogen) atoms. The fourth-order valence-electron chi connectivity index (χ4n) is 3.72. The Labute approximate surface area is 155 Å². The first-order valence-corrected chi connectivity index (χ1v) is 9.36. The molecule has 142 valence electrons. The summed E-state index contributed by atoms with van der Waals surface area (Å²) in [7, 11) is 1.90. The van der Waals surface area contributed by atoms with Crippen molar-refractivity contribution in [2.45, 2.75) is 57.9 Å². The molecular formula is C19H30N6O. The van der Waals surface area contributed by atoms with Crippen LogP contribution in [0.3, 0.4) is 0 Å². The van der Waals surface area contributed by atoms with Crippen LogP contribution in [0.2, 0.25) is 0 Å². The van der Waals surface area contributed by atoms with Gasteiger partial charge in [0.2, 0.25) is 5.84 Å². The van der Waals surface area contributed by atoms with Gasteiger partial charge < -0.3 is 16.4 Å². The molecule has 2 aliphatic heterocycles. The average molecular weight is 358 g/mol. The summed E-state index contributed by atoms with van der Waals surface area (Å²) in [4.78, 5) is 12.5. The predicted octanol–water partition coefficient (Wildman–Crippen LogP) is 0.927. The second-order valence-corrected chi connectivity index (χ2v) is 7.33. The Hall–Kier alpha value is -2.12. The molecule has 0 aromatic rings. The van der Waals surface area contributed by atoms with Crippen LogP contribution in [0.5, 0.6) is 0 Å². The number of amides is 1. The minimum absolute atomic E-state index is 0.0112. The van der Waals surface area contributed by atoms with Gasteiger partial charge in [-0.25, -0.2) is 0 Å². The number of hydrazone groups is 1. The highest BCUT2D eigenvalue weighted by atomic mass is 16.2. The lowest BCUT2D eigenvalue weighted by molar-refractivity contribution is -0.114. The maximum absolute atomic E-state index is 12.5. The third-order valence-electron chi connectivity index (χ3n) is 5.23. The smallest absolute Gasteiger partial charge is 0.288 e. The molecule has 0 radical (unpaired) electrons. The summed E-state index contributed by atoms with van der Waals surface area (Å²) in [6.45, 7) is 4.67. The molecule has 3 atom stereocenters. The van der Waals surface area contributed by atoms with E-state index in [1.807, 2.05) is 12.1 Å². The normalized spacial score (nSPS) is 28.6. The average Bonchev–Trinajstić information content (AvgIpc) is 2.95. The molecular weight excluding hydrogens is 328 g/mol. The minimum atomic E-state index is -0.171. The summed E-state index contributed by atoms with van der Waals surface area (Å²) in [5, 5.41) is 15.7. The molecule has 7 heteroatoms. The minimum Gasteiger partial charge on any atom is -0.346 e. The summed E-state index contributed by atoms with van der Waals surface area (Å²) in [6.07, 6.45) is 10.4. The van der Waals surface area contributed by atoms with Gasteiger partial charge in [0.1, 0.15) is 6.17 Å². The third-order valence-corrected chi connectivity index (χ3v) is 5.23. The van der Waals surface area contributed by atoms with E-state index in [0.717, 1.165) is 25.7 Å². The molecule has 0 spiro atoms. The molecule has 7 nitrogen and oxygen atoms in total. The van der Waals surface area contributed by atoms with Crippen molar-refractivity contribution < 1.29 is 4.79 Å². The molecule has 0 saturated carbocycles. The predicted molar refractivity (Wildman–Crippen MR) is 104 cm³/mol. The summed E-state index contributed by atoms with van der Waals surface area (Å²) in [6, 6.07) is 0.165. The number of nitrogens with zero attached hydrogens (tertiary/aromatic N) is 2. The topological polar surface area (TPSA) is 94.8 Å². The van der Waals surface area contributed by atoms with E-state index >= 15 is 0 Å². The van der Waals surface area contributed by atoms with Gasteiger partial charge in [0.15, 0.2) is 0 Å². The van der Waals surface area contributed by atoms with Crippen molar-refractivity contribution in [3.8, 4) is 0 Å². The molecule has 3 rings (SSSR count). The van der Waals surface area contributed by atoms with Gasteiger partial charge in [-0.2, -0.15) is 5.10 Å². The van der Waals surface area contributed by atoms with E-state index < -0.39 is 0 Å². The fourth-order valence-corrected chi connectivity index (χ4v) is 3.72. The summed E-state index contributed by atoms with van der Waals surface area (Å²) >= 11 is 0. The SMILES string of the molecule is CC1=C(CNC(=O)C2=NN(C)C(CC3=CCCC=C3)N2)[C@H](C)NC(N)C1. The number of hydrogen-bond donors (Lipinski definition) is 4. The lowest BCUT2D eigenvalue weighted by atomic mass is 9.95. The van der Waals surface area contributed by atoms with Crippen molar-refractivity contribution in [2.24, 2.45) is 10.8 Å². The molecule has 0 aromatic heterocycles. The van der Waals surface area contributed by atoms with Gasteiger partial charge in [-0.3, -0.25) is 15.1 Å². The molecule has 1 aliphatic carbocycles. The standard InChI is InChI=1S/C19H30N6O/c1-12-9-16(20)22-13(2)15(12)11-21-19(26)18-23-17(25(3)24-18)10-14-7-5-4-6-8-14/h5,7-8,13,16-17,22H,4,6,9-11,20H2,1-3H3,(H,21,26)(H,23,24)/t13-,16?,17?/m0/s1. The number of nitrogens with two attached hydrogens (primary N) is 1. The van der Waals surface area contributed by atoms with Gasteiger partial charge in [0.05, 0.1) is 6.17 Å². The van der Waals surface area contributed by atoms with Crippen LogP contribution in [0.4, 0.5) is 0 Å². The van der Waals surface area contributed by atoms with Crippen LogP contribution >= 0.6 is 0 Å². The Bertz CT molecular complexity index is 678. The van der Waals surface area contributed by atoms with E-state index in [1.54, 1.807) is 0 Å². The van der Waals surface area contributed by atoms with Gasteiger partial charge in [-0.1, -0.05) is 23.8 Å². The highest BCUT2D eigenvalue weighted by molar-refractivity contribution is 6.38. The lowest BCUT2D eigenvalue weighted by Crippen LogP contribution is -2.50. The van der Waals surface area contributed by atoms with Crippen molar-refractivity contribution in [1.82, 2.24) is 21.0 Å². The Kier molecular flexibility index (Phi) is 5.78. The zero-order chi connectivity index (χ0) is 18.7. The van der Waals surface area contributed by atoms with Crippen LogP contribution in [-0.4, -0.2) is 48.7 Å². The summed E-state index contributed by atoms with van der Waals surface area (Å²) in [5.74, 6) is 0.208. The van der Waals surface area contributed by atoms with E-state index in [-0.39, 0.29) is 24.3 Å². The summed E-state index contributed by atoms with van der Waals surface area (Å²) in [5.41, 5.74) is 9.69. The van der Waals surface area contributed by atoms with E-state index in [1.165, 1.54) is 16.7 Å². The van der Waals surface area contributed by atoms with Crippen molar-refractivity contribution in [2.75, 3.05) is 13.6 Å². The first-order valence-electron chi connectivity index (χ1n) is 9.36. The largest absolute Gasteiger partial charge is 0.346 e. The van der Waals surface area contributed by atoms with Gasteiger partial charge in [-0.05, 0) is 44.3 Å². The van der Waals surface area contributed by atoms with Crippen LogP contribution in [0, 0.1) is 0 Å². The van der Waals surface area contributed by atoms with Crippen LogP contribution in [0.15, 0.2) is 40.0 Å². The van der Waals surface area contributed by atoms with E-state index in [4.69, 9.17) is 5.73 Å². The Morgan fingerprint density at radius 1 is 1.46 bits per heavy atom. The van der Waals surface area contributed by atoms with Crippen LogP contribution in [-0.2, 0) is 4.79 Å². The Balaban J connectivity index is 1.54. The van der Waals surface area contributed by atoms with Gasteiger partial charge >= 0.3 is 0 Å². The second kappa shape index (κ2) is 8.05. The Morgan fingerprint density at radius 2 is 2.27 bits per heavy atom. The summed E-state index contributed by atoms with van der Waals surface area (Å²) < 4.78 is 0.